The molecule has 40 heavy (non-hydrogen) atoms. The number of halogens is 1. The molecule has 0 aromatic heterocycles. The fourth-order valence-electron chi connectivity index (χ4n) is 4.50. The van der Waals surface area contributed by atoms with Gasteiger partial charge in [0.05, 0.1) is 13.2 Å². The Morgan fingerprint density at radius 1 is 1.15 bits per heavy atom. The molecule has 0 saturated carbocycles. The first-order chi connectivity index (χ1) is 19.4. The highest BCUT2D eigenvalue weighted by Gasteiger charge is 2.53. The smallest absolute Gasteiger partial charge is 0.266 e. The van der Waals surface area contributed by atoms with Gasteiger partial charge in [0, 0.05) is 48.5 Å². The van der Waals surface area contributed by atoms with Crippen molar-refractivity contribution in [1.29, 1.82) is 0 Å². The number of hydrogen-bond donors (Lipinski definition) is 2. The lowest BCUT2D eigenvalue weighted by atomic mass is 9.81. The molecule has 2 atom stereocenters. The molecule has 11 heteroatoms. The van der Waals surface area contributed by atoms with E-state index in [-0.39, 0.29) is 25.5 Å². The third-order valence-corrected chi connectivity index (χ3v) is 6.94. The normalized spacial score (nSPS) is 18.0. The number of hydrogen-bond acceptors (Lipinski definition) is 7. The molecule has 0 unspecified atom stereocenters. The van der Waals surface area contributed by atoms with Crippen LogP contribution in [0.25, 0.3) is 10.4 Å². The van der Waals surface area contributed by atoms with Gasteiger partial charge in [-0.1, -0.05) is 57.4 Å². The summed E-state index contributed by atoms with van der Waals surface area (Å²) in [6.45, 7) is 0.613. The molecule has 208 valence electrons. The molecule has 3 aromatic carbocycles. The fourth-order valence-corrected chi connectivity index (χ4v) is 4.77. The number of aliphatic hydroxyl groups excluding tert-OH is 1. The van der Waals surface area contributed by atoms with Crippen LogP contribution >= 0.6 is 15.9 Å². The van der Waals surface area contributed by atoms with Gasteiger partial charge in [0.25, 0.3) is 5.91 Å². The van der Waals surface area contributed by atoms with Crippen molar-refractivity contribution in [1.82, 2.24) is 10.4 Å². The van der Waals surface area contributed by atoms with Crippen LogP contribution in [-0.2, 0) is 22.5 Å². The maximum Gasteiger partial charge on any atom is 0.266 e. The van der Waals surface area contributed by atoms with Gasteiger partial charge in [-0.25, -0.2) is 10.0 Å². The first kappa shape index (κ1) is 29.1. The first-order valence-electron chi connectivity index (χ1n) is 12.8. The molecular formula is C29H31BrN6O4. The number of amides is 1. The number of nitrogens with zero attached hydrogens (tertiary/aromatic N) is 5. The zero-order valence-electron chi connectivity index (χ0n) is 22.3. The maximum absolute atomic E-state index is 14.1. The standard InChI is InChI=1S/C29H31BrN6O4/c1-36(2)34-28(38)29(18-22-6-3-4-7-23(22)19-32-35-31)26(20-8-12-24(30)13-9-20)40-27(33-29)21-10-14-25(15-11-21)39-17-5-16-37/h3-4,6-15,26,37H,5,16-19H2,1-2H3,(H,34,38)/t26-,29-/m0/s1. The fraction of sp³-hybridized carbons (Fsp3) is 0.310. The minimum Gasteiger partial charge on any atom is -0.494 e. The highest BCUT2D eigenvalue weighted by Crippen LogP contribution is 2.43. The monoisotopic (exact) mass is 606 g/mol. The summed E-state index contributed by atoms with van der Waals surface area (Å²) in [6, 6.07) is 22.5. The van der Waals surface area contributed by atoms with Crippen LogP contribution in [0.3, 0.4) is 0 Å². The molecule has 10 nitrogen and oxygen atoms in total. The predicted molar refractivity (Wildman–Crippen MR) is 156 cm³/mol. The molecule has 2 N–H and O–H groups in total. The summed E-state index contributed by atoms with van der Waals surface area (Å²) in [4.78, 5) is 22.0. The van der Waals surface area contributed by atoms with Gasteiger partial charge in [0.2, 0.25) is 5.90 Å². The first-order valence-corrected chi connectivity index (χ1v) is 13.6. The summed E-state index contributed by atoms with van der Waals surface area (Å²) in [5.74, 6) is 0.656. The number of azide groups is 1. The van der Waals surface area contributed by atoms with Crippen LogP contribution in [0, 0.1) is 0 Å². The van der Waals surface area contributed by atoms with Gasteiger partial charge in [0.1, 0.15) is 5.75 Å². The van der Waals surface area contributed by atoms with Gasteiger partial charge in [0.15, 0.2) is 11.6 Å². The van der Waals surface area contributed by atoms with Gasteiger partial charge in [-0.15, -0.1) is 0 Å². The second kappa shape index (κ2) is 13.5. The molecule has 1 heterocycles. The van der Waals surface area contributed by atoms with Crippen molar-refractivity contribution in [3.8, 4) is 5.75 Å². The maximum atomic E-state index is 14.1. The Labute approximate surface area is 241 Å². The minimum absolute atomic E-state index is 0.0588. The zero-order valence-corrected chi connectivity index (χ0v) is 23.9. The zero-order chi connectivity index (χ0) is 28.5. The molecule has 0 fully saturated rings. The summed E-state index contributed by atoms with van der Waals surface area (Å²) in [5.41, 5.74) is 13.6. The Bertz CT molecular complexity index is 1390. The average Bonchev–Trinajstić information content (AvgIpc) is 3.33. The summed E-state index contributed by atoms with van der Waals surface area (Å²) >= 11 is 3.49. The number of carbonyl (C=O) groups is 1. The van der Waals surface area contributed by atoms with Crippen LogP contribution in [0.2, 0.25) is 0 Å². The van der Waals surface area contributed by atoms with Crippen molar-refractivity contribution in [2.24, 2.45) is 10.1 Å². The molecule has 1 aliphatic rings. The van der Waals surface area contributed by atoms with Gasteiger partial charge in [-0.05, 0) is 58.6 Å². The van der Waals surface area contributed by atoms with Crippen LogP contribution in [-0.4, -0.2) is 54.8 Å². The molecule has 4 rings (SSSR count). The van der Waals surface area contributed by atoms with Gasteiger partial charge >= 0.3 is 0 Å². The second-order valence-corrected chi connectivity index (χ2v) is 10.4. The second-order valence-electron chi connectivity index (χ2n) is 9.51. The molecule has 3 aromatic rings. The Morgan fingerprint density at radius 3 is 2.50 bits per heavy atom. The van der Waals surface area contributed by atoms with E-state index in [0.717, 1.165) is 21.2 Å². The Morgan fingerprint density at radius 2 is 1.85 bits per heavy atom. The van der Waals surface area contributed by atoms with E-state index in [1.807, 2.05) is 72.8 Å². The van der Waals surface area contributed by atoms with Crippen molar-refractivity contribution in [3.05, 3.63) is 110 Å². The number of aliphatic hydroxyl groups is 1. The highest BCUT2D eigenvalue weighted by atomic mass is 79.9. The van der Waals surface area contributed by atoms with Crippen molar-refractivity contribution in [2.45, 2.75) is 31.0 Å². The lowest BCUT2D eigenvalue weighted by Crippen LogP contribution is -2.53. The molecular weight excluding hydrogens is 576 g/mol. The van der Waals surface area contributed by atoms with E-state index in [0.29, 0.717) is 30.2 Å². The molecule has 1 aliphatic heterocycles. The number of benzene rings is 3. The number of ether oxygens (including phenoxy) is 2. The minimum atomic E-state index is -1.38. The highest BCUT2D eigenvalue weighted by molar-refractivity contribution is 9.10. The quantitative estimate of drug-likeness (QED) is 0.0971. The van der Waals surface area contributed by atoms with Crippen molar-refractivity contribution >= 4 is 27.7 Å². The molecule has 1 amide bonds. The van der Waals surface area contributed by atoms with Gasteiger partial charge in [-0.3, -0.25) is 10.2 Å². The molecule has 0 bridgehead atoms. The number of carbonyl (C=O) groups excluding carboxylic acids is 1. The molecule has 0 saturated heterocycles. The summed E-state index contributed by atoms with van der Waals surface area (Å²) in [6.07, 6.45) is -0.00318. The van der Waals surface area contributed by atoms with E-state index >= 15 is 0 Å². The third-order valence-electron chi connectivity index (χ3n) is 6.41. The van der Waals surface area contributed by atoms with E-state index in [4.69, 9.17) is 25.1 Å². The van der Waals surface area contributed by atoms with E-state index in [9.17, 15) is 4.79 Å². The number of aliphatic imine (C=N–C) groups is 1. The molecule has 0 aliphatic carbocycles. The lowest BCUT2D eigenvalue weighted by molar-refractivity contribution is -0.132. The van der Waals surface area contributed by atoms with Crippen LogP contribution in [0.1, 0.15) is 34.8 Å². The van der Waals surface area contributed by atoms with Crippen LogP contribution in [0.15, 0.2) is 87.4 Å². The third kappa shape index (κ3) is 6.81. The predicted octanol–water partition coefficient (Wildman–Crippen LogP) is 5.11. The molecule has 0 radical (unpaired) electrons. The number of hydrazine groups is 1. The van der Waals surface area contributed by atoms with E-state index in [2.05, 4.69) is 31.4 Å². The summed E-state index contributed by atoms with van der Waals surface area (Å²) in [5, 5.41) is 14.3. The SMILES string of the molecule is CN(C)NC(=O)[C@@]1(Cc2ccccc2CN=[N+]=[N-])N=C(c2ccc(OCCCO)cc2)O[C@H]1c1ccc(Br)cc1. The van der Waals surface area contributed by atoms with Crippen molar-refractivity contribution in [2.75, 3.05) is 27.3 Å². The Balaban J connectivity index is 1.82. The van der Waals surface area contributed by atoms with Crippen LogP contribution in [0.5, 0.6) is 5.75 Å². The number of nitrogens with one attached hydrogen (secondary N) is 1. The Kier molecular flexibility index (Phi) is 9.79. The van der Waals surface area contributed by atoms with E-state index in [1.165, 1.54) is 0 Å². The summed E-state index contributed by atoms with van der Waals surface area (Å²) in [7, 11) is 3.48. The van der Waals surface area contributed by atoms with E-state index < -0.39 is 11.6 Å². The van der Waals surface area contributed by atoms with Crippen molar-refractivity contribution < 1.29 is 19.4 Å². The van der Waals surface area contributed by atoms with Gasteiger partial charge < -0.3 is 14.6 Å². The Hall–Kier alpha value is -3.89. The van der Waals surface area contributed by atoms with E-state index in [1.54, 1.807) is 19.1 Å². The topological polar surface area (TPSA) is 132 Å². The van der Waals surface area contributed by atoms with Crippen LogP contribution < -0.4 is 10.2 Å². The van der Waals surface area contributed by atoms with Crippen molar-refractivity contribution in [3.63, 3.8) is 0 Å². The number of rotatable bonds is 12. The van der Waals surface area contributed by atoms with Gasteiger partial charge in [-0.2, -0.15) is 0 Å². The largest absolute Gasteiger partial charge is 0.494 e. The lowest BCUT2D eigenvalue weighted by Gasteiger charge is -2.32. The van der Waals surface area contributed by atoms with Crippen LogP contribution in [0.4, 0.5) is 0 Å². The molecule has 0 spiro atoms. The summed E-state index contributed by atoms with van der Waals surface area (Å²) < 4.78 is 13.1. The average molecular weight is 608 g/mol.